The van der Waals surface area contributed by atoms with Gasteiger partial charge in [-0.15, -0.1) is 0 Å². The van der Waals surface area contributed by atoms with Gasteiger partial charge in [-0.25, -0.2) is 9.79 Å². The number of ether oxygens (including phenoxy) is 1. The van der Waals surface area contributed by atoms with Crippen LogP contribution >= 0.6 is 12.2 Å². The molecule has 0 bridgehead atoms. The van der Waals surface area contributed by atoms with Crippen molar-refractivity contribution in [2.45, 2.75) is 39.7 Å². The lowest BCUT2D eigenvalue weighted by Gasteiger charge is -2.13. The third kappa shape index (κ3) is 5.10. The molecule has 2 unspecified atom stereocenters. The fourth-order valence-electron chi connectivity index (χ4n) is 1.05. The van der Waals surface area contributed by atoms with Gasteiger partial charge in [0.15, 0.2) is 6.04 Å². The highest BCUT2D eigenvalue weighted by atomic mass is 32.1. The summed E-state index contributed by atoms with van der Waals surface area (Å²) in [5.41, 5.74) is 0. The monoisotopic (exact) mass is 215 g/mol. The zero-order valence-corrected chi connectivity index (χ0v) is 9.76. The number of esters is 1. The van der Waals surface area contributed by atoms with Gasteiger partial charge in [0.05, 0.1) is 11.8 Å². The van der Waals surface area contributed by atoms with Crippen LogP contribution in [0.4, 0.5) is 0 Å². The molecule has 0 aromatic rings. The molecule has 0 rings (SSSR count). The Labute approximate surface area is 90.6 Å². The van der Waals surface area contributed by atoms with E-state index in [1.54, 1.807) is 6.92 Å². The summed E-state index contributed by atoms with van der Waals surface area (Å²) in [6.45, 7) is 6.31. The standard InChI is InChI=1S/C10H17NO2S/c1-4-8(3)6-9(11-7-14)10(12)13-5-2/h8-9H,4-6H2,1-3H3. The van der Waals surface area contributed by atoms with Crippen molar-refractivity contribution in [3.8, 4) is 0 Å². The molecule has 0 saturated heterocycles. The van der Waals surface area contributed by atoms with Crippen LogP contribution in [0.15, 0.2) is 4.99 Å². The maximum atomic E-state index is 11.4. The average Bonchev–Trinajstić information content (AvgIpc) is 2.17. The van der Waals surface area contributed by atoms with E-state index < -0.39 is 6.04 Å². The molecule has 3 nitrogen and oxygen atoms in total. The summed E-state index contributed by atoms with van der Waals surface area (Å²) in [4.78, 5) is 15.2. The maximum Gasteiger partial charge on any atom is 0.331 e. The minimum atomic E-state index is -0.470. The molecule has 0 fully saturated rings. The maximum absolute atomic E-state index is 11.4. The van der Waals surface area contributed by atoms with E-state index in [2.05, 4.69) is 36.2 Å². The zero-order valence-electron chi connectivity index (χ0n) is 8.95. The lowest BCUT2D eigenvalue weighted by atomic mass is 10.00. The smallest absolute Gasteiger partial charge is 0.331 e. The number of nitrogens with zero attached hydrogens (tertiary/aromatic N) is 1. The van der Waals surface area contributed by atoms with Crippen molar-refractivity contribution < 1.29 is 9.53 Å². The van der Waals surface area contributed by atoms with Gasteiger partial charge in [-0.3, -0.25) is 0 Å². The Morgan fingerprint density at radius 2 is 2.21 bits per heavy atom. The average molecular weight is 215 g/mol. The molecule has 14 heavy (non-hydrogen) atoms. The van der Waals surface area contributed by atoms with Crippen molar-refractivity contribution in [3.05, 3.63) is 0 Å². The molecule has 2 atom stereocenters. The molecule has 0 aliphatic carbocycles. The van der Waals surface area contributed by atoms with E-state index in [4.69, 9.17) is 4.74 Å². The van der Waals surface area contributed by atoms with E-state index >= 15 is 0 Å². The fraction of sp³-hybridized carbons (Fsp3) is 0.800. The highest BCUT2D eigenvalue weighted by Crippen LogP contribution is 2.13. The Kier molecular flexibility index (Phi) is 7.25. The molecule has 0 radical (unpaired) electrons. The number of thiocarbonyl (C=S) groups is 1. The van der Waals surface area contributed by atoms with Crippen molar-refractivity contribution in [2.75, 3.05) is 6.61 Å². The number of rotatable bonds is 6. The van der Waals surface area contributed by atoms with Gasteiger partial charge >= 0.3 is 5.97 Å². The first-order valence-corrected chi connectivity index (χ1v) is 5.30. The minimum absolute atomic E-state index is 0.301. The van der Waals surface area contributed by atoms with Gasteiger partial charge in [0.25, 0.3) is 0 Å². The lowest BCUT2D eigenvalue weighted by molar-refractivity contribution is -0.144. The first-order chi connectivity index (χ1) is 6.65. The number of isothiocyanates is 1. The second kappa shape index (κ2) is 7.65. The molecule has 0 aromatic heterocycles. The molecule has 0 heterocycles. The quantitative estimate of drug-likeness (QED) is 0.388. The Morgan fingerprint density at radius 1 is 1.57 bits per heavy atom. The third-order valence-electron chi connectivity index (χ3n) is 2.09. The van der Waals surface area contributed by atoms with Crippen molar-refractivity contribution in [1.82, 2.24) is 0 Å². The highest BCUT2D eigenvalue weighted by Gasteiger charge is 2.20. The normalized spacial score (nSPS) is 13.9. The van der Waals surface area contributed by atoms with Gasteiger partial charge < -0.3 is 4.74 Å². The Hall–Kier alpha value is -0.730. The number of carbonyl (C=O) groups excluding carboxylic acids is 1. The molecule has 0 N–H and O–H groups in total. The molecule has 80 valence electrons. The van der Waals surface area contributed by atoms with Crippen LogP contribution in [-0.2, 0) is 9.53 Å². The molecule has 4 heteroatoms. The summed E-state index contributed by atoms with van der Waals surface area (Å²) in [5.74, 6) is 0.140. The molecule has 0 spiro atoms. The van der Waals surface area contributed by atoms with E-state index in [0.29, 0.717) is 18.9 Å². The van der Waals surface area contributed by atoms with E-state index in [-0.39, 0.29) is 5.97 Å². The van der Waals surface area contributed by atoms with E-state index in [9.17, 15) is 4.79 Å². The van der Waals surface area contributed by atoms with E-state index in [0.717, 1.165) is 6.42 Å². The SMILES string of the molecule is CCOC(=O)C(CC(C)CC)N=C=S. The van der Waals surface area contributed by atoms with Gasteiger partial charge in [0.1, 0.15) is 0 Å². The van der Waals surface area contributed by atoms with Gasteiger partial charge in [0, 0.05) is 0 Å². The van der Waals surface area contributed by atoms with Gasteiger partial charge in [0.2, 0.25) is 0 Å². The zero-order chi connectivity index (χ0) is 11.0. The number of hydrogen-bond acceptors (Lipinski definition) is 4. The summed E-state index contributed by atoms with van der Waals surface area (Å²) in [7, 11) is 0. The molecular weight excluding hydrogens is 198 g/mol. The van der Waals surface area contributed by atoms with Crippen LogP contribution in [0.25, 0.3) is 0 Å². The number of carbonyl (C=O) groups is 1. The fourth-order valence-corrected chi connectivity index (χ4v) is 1.18. The largest absolute Gasteiger partial charge is 0.464 e. The molecule has 0 aliphatic rings. The lowest BCUT2D eigenvalue weighted by Crippen LogP contribution is -2.23. The van der Waals surface area contributed by atoms with Crippen LogP contribution in [0.5, 0.6) is 0 Å². The number of aliphatic imine (C=N–C) groups is 1. The summed E-state index contributed by atoms with van der Waals surface area (Å²) in [6, 6.07) is -0.470. The first kappa shape index (κ1) is 13.3. The first-order valence-electron chi connectivity index (χ1n) is 4.89. The Morgan fingerprint density at radius 3 is 2.64 bits per heavy atom. The summed E-state index contributed by atoms with van der Waals surface area (Å²) < 4.78 is 4.88. The number of hydrogen-bond donors (Lipinski definition) is 0. The van der Waals surface area contributed by atoms with Crippen molar-refractivity contribution >= 4 is 23.3 Å². The summed E-state index contributed by atoms with van der Waals surface area (Å²) in [6.07, 6.45) is 1.70. The molecule has 0 aromatic carbocycles. The predicted octanol–water partition coefficient (Wildman–Crippen LogP) is 2.46. The molecular formula is C10H17NO2S. The van der Waals surface area contributed by atoms with E-state index in [1.165, 1.54) is 0 Å². The second-order valence-corrected chi connectivity index (χ2v) is 3.42. The Bertz CT molecular complexity index is 224. The summed E-state index contributed by atoms with van der Waals surface area (Å²) >= 11 is 4.50. The van der Waals surface area contributed by atoms with Gasteiger partial charge in [-0.2, -0.15) is 0 Å². The highest BCUT2D eigenvalue weighted by molar-refractivity contribution is 7.78. The molecule has 0 saturated carbocycles. The van der Waals surface area contributed by atoms with Crippen molar-refractivity contribution in [2.24, 2.45) is 10.9 Å². The molecule has 0 amide bonds. The summed E-state index contributed by atoms with van der Waals surface area (Å²) in [5, 5.41) is 2.24. The Balaban J connectivity index is 4.28. The topological polar surface area (TPSA) is 38.7 Å². The van der Waals surface area contributed by atoms with Crippen LogP contribution in [-0.4, -0.2) is 23.8 Å². The van der Waals surface area contributed by atoms with Crippen LogP contribution < -0.4 is 0 Å². The van der Waals surface area contributed by atoms with Crippen LogP contribution in [0.3, 0.4) is 0 Å². The third-order valence-corrected chi connectivity index (χ3v) is 2.20. The van der Waals surface area contributed by atoms with Crippen LogP contribution in [0.2, 0.25) is 0 Å². The molecule has 0 aliphatic heterocycles. The van der Waals surface area contributed by atoms with Crippen molar-refractivity contribution in [1.29, 1.82) is 0 Å². The minimum Gasteiger partial charge on any atom is -0.464 e. The van der Waals surface area contributed by atoms with Gasteiger partial charge in [-0.05, 0) is 31.5 Å². The van der Waals surface area contributed by atoms with Crippen molar-refractivity contribution in [3.63, 3.8) is 0 Å². The predicted molar refractivity (Wildman–Crippen MR) is 59.5 cm³/mol. The van der Waals surface area contributed by atoms with Crippen LogP contribution in [0, 0.1) is 5.92 Å². The van der Waals surface area contributed by atoms with E-state index in [1.807, 2.05) is 0 Å². The second-order valence-electron chi connectivity index (χ2n) is 3.24. The van der Waals surface area contributed by atoms with Gasteiger partial charge in [-0.1, -0.05) is 20.3 Å². The van der Waals surface area contributed by atoms with Crippen LogP contribution in [0.1, 0.15) is 33.6 Å².